The highest BCUT2D eigenvalue weighted by Crippen LogP contribution is 2.39. The average molecular weight is 551 g/mol. The second-order valence-electron chi connectivity index (χ2n) is 10.3. The molecule has 11 nitrogen and oxygen atoms in total. The van der Waals surface area contributed by atoms with E-state index in [4.69, 9.17) is 14.2 Å². The first-order valence-corrected chi connectivity index (χ1v) is 14.0. The Hall–Kier alpha value is -3.61. The molecule has 3 aromatic heterocycles. The normalized spacial score (nSPS) is 21.1. The zero-order valence-electron chi connectivity index (χ0n) is 21.8. The number of urea groups is 1. The quantitative estimate of drug-likeness (QED) is 0.416. The van der Waals surface area contributed by atoms with E-state index < -0.39 is 5.79 Å². The maximum Gasteiger partial charge on any atom is 0.329 e. The van der Waals surface area contributed by atoms with E-state index in [1.807, 2.05) is 25.3 Å². The summed E-state index contributed by atoms with van der Waals surface area (Å²) in [5.41, 5.74) is 3.84. The molecule has 0 saturated carbocycles. The molecular weight excluding hydrogens is 520 g/mol. The summed E-state index contributed by atoms with van der Waals surface area (Å²) in [5, 5.41) is 4.84. The molecule has 204 valence electrons. The van der Waals surface area contributed by atoms with Crippen LogP contribution in [0.2, 0.25) is 0 Å². The van der Waals surface area contributed by atoms with Gasteiger partial charge in [0, 0.05) is 37.2 Å². The van der Waals surface area contributed by atoms with Crippen molar-refractivity contribution >= 4 is 40.5 Å². The van der Waals surface area contributed by atoms with Crippen LogP contribution in [0.15, 0.2) is 41.4 Å². The summed E-state index contributed by atoms with van der Waals surface area (Å²) in [6.07, 6.45) is 3.08. The van der Waals surface area contributed by atoms with E-state index in [9.17, 15) is 9.59 Å². The predicted octanol–water partition coefficient (Wildman–Crippen LogP) is 3.91. The first-order valence-electron chi connectivity index (χ1n) is 13.0. The number of nitrogens with one attached hydrogen (secondary N) is 1. The fourth-order valence-electron chi connectivity index (χ4n) is 5.13. The number of ether oxygens (including phenoxy) is 3. The van der Waals surface area contributed by atoms with E-state index in [-0.39, 0.29) is 24.0 Å². The number of rotatable bonds is 8. The topological polar surface area (TPSA) is 119 Å². The van der Waals surface area contributed by atoms with Crippen LogP contribution in [0.25, 0.3) is 0 Å². The van der Waals surface area contributed by atoms with Crippen LogP contribution in [0, 0.1) is 0 Å². The van der Waals surface area contributed by atoms with Gasteiger partial charge in [-0.1, -0.05) is 0 Å². The highest BCUT2D eigenvalue weighted by molar-refractivity contribution is 7.07. The molecule has 2 saturated heterocycles. The lowest BCUT2D eigenvalue weighted by molar-refractivity contribution is -0.141. The molecule has 0 radical (unpaired) electrons. The number of anilines is 3. The summed E-state index contributed by atoms with van der Waals surface area (Å²) in [4.78, 5) is 43.6. The Morgan fingerprint density at radius 1 is 1.26 bits per heavy atom. The lowest BCUT2D eigenvalue weighted by atomic mass is 10.1. The van der Waals surface area contributed by atoms with Gasteiger partial charge in [-0.2, -0.15) is 0 Å². The van der Waals surface area contributed by atoms with Crippen molar-refractivity contribution in [3.05, 3.63) is 52.7 Å². The van der Waals surface area contributed by atoms with Crippen molar-refractivity contribution in [2.24, 2.45) is 0 Å². The monoisotopic (exact) mass is 550 g/mol. The van der Waals surface area contributed by atoms with Gasteiger partial charge in [-0.3, -0.25) is 15.0 Å². The molecule has 0 unspecified atom stereocenters. The zero-order chi connectivity index (χ0) is 27.0. The number of Topliss-reactive ketones (excluding diaryl/α,β-unsaturated/α-hetero) is 1. The molecule has 2 bridgehead atoms. The lowest BCUT2D eigenvalue weighted by Crippen LogP contribution is -2.48. The predicted molar refractivity (Wildman–Crippen MR) is 146 cm³/mol. The molecular formula is C27H30N6O5S. The van der Waals surface area contributed by atoms with Gasteiger partial charge in [-0.25, -0.2) is 19.7 Å². The summed E-state index contributed by atoms with van der Waals surface area (Å²) in [5.74, 6) is 0.718. The lowest BCUT2D eigenvalue weighted by Gasteiger charge is -2.35. The largest absolute Gasteiger partial charge is 0.491 e. The number of carbonyl (C=O) groups excluding carboxylic acids is 2. The minimum atomic E-state index is -0.619. The van der Waals surface area contributed by atoms with Crippen LogP contribution in [0.4, 0.5) is 22.1 Å². The molecule has 2 atom stereocenters. The van der Waals surface area contributed by atoms with Crippen LogP contribution in [-0.4, -0.2) is 71.0 Å². The average Bonchev–Trinajstić information content (AvgIpc) is 3.67. The highest BCUT2D eigenvalue weighted by atomic mass is 32.1. The van der Waals surface area contributed by atoms with Gasteiger partial charge in [-0.15, -0.1) is 11.3 Å². The minimum absolute atomic E-state index is 0.0485. The Morgan fingerprint density at radius 2 is 2.15 bits per heavy atom. The van der Waals surface area contributed by atoms with E-state index in [1.165, 1.54) is 11.3 Å². The number of amides is 2. The highest BCUT2D eigenvalue weighted by Gasteiger charge is 2.40. The molecule has 2 fully saturated rings. The molecule has 1 N–H and O–H groups in total. The summed E-state index contributed by atoms with van der Waals surface area (Å²) in [7, 11) is 0. The maximum absolute atomic E-state index is 13.6. The van der Waals surface area contributed by atoms with Gasteiger partial charge in [0.05, 0.1) is 29.5 Å². The fourth-order valence-corrected chi connectivity index (χ4v) is 5.72. The standard InChI is InChI=1S/C27H30N6O5S/c1-27(2)37-14-20(38-27)13-36-19-7-9-28-24(11-19)31-26(35)33-18-8-10-32(12-18)22-5-4-21(30-25(22)33)23(34)6-3-17-15-39-16-29-17/h4-5,7,9,11,15-16,18,20H,3,6,8,10,12-14H2,1-2H3,(H,28,31,35)/t18-,20-/m0/s1. The van der Waals surface area contributed by atoms with Crippen molar-refractivity contribution in [1.82, 2.24) is 15.0 Å². The zero-order valence-corrected chi connectivity index (χ0v) is 22.6. The Labute approximate surface area is 230 Å². The maximum atomic E-state index is 13.6. The number of fused-ring (bicyclic) bond motifs is 4. The molecule has 6 heterocycles. The molecule has 39 heavy (non-hydrogen) atoms. The summed E-state index contributed by atoms with van der Waals surface area (Å²) in [6, 6.07) is 6.65. The van der Waals surface area contributed by atoms with Gasteiger partial charge in [0.1, 0.15) is 30.0 Å². The number of carbonyl (C=O) groups is 2. The van der Waals surface area contributed by atoms with Crippen molar-refractivity contribution in [1.29, 1.82) is 0 Å². The Balaban J connectivity index is 1.16. The van der Waals surface area contributed by atoms with Crippen LogP contribution in [-0.2, 0) is 15.9 Å². The number of aromatic nitrogens is 3. The number of thiazole rings is 1. The third-order valence-corrected chi connectivity index (χ3v) is 7.65. The molecule has 3 aromatic rings. The van der Waals surface area contributed by atoms with Gasteiger partial charge in [-0.05, 0) is 44.9 Å². The van der Waals surface area contributed by atoms with E-state index in [1.54, 1.807) is 34.8 Å². The Morgan fingerprint density at radius 3 is 2.95 bits per heavy atom. The van der Waals surface area contributed by atoms with Crippen LogP contribution < -0.4 is 19.9 Å². The first-order chi connectivity index (χ1) is 18.8. The number of hydrogen-bond donors (Lipinski definition) is 1. The third kappa shape index (κ3) is 5.58. The van der Waals surface area contributed by atoms with E-state index in [0.717, 1.165) is 30.9 Å². The van der Waals surface area contributed by atoms with Crippen LogP contribution in [0.3, 0.4) is 0 Å². The summed E-state index contributed by atoms with van der Waals surface area (Å²) < 4.78 is 17.2. The first kappa shape index (κ1) is 25.7. The number of aryl methyl sites for hydroxylation is 1. The number of ketones is 1. The molecule has 3 aliphatic rings. The van der Waals surface area contributed by atoms with Crippen LogP contribution in [0.1, 0.15) is 42.9 Å². The number of nitrogens with zero attached hydrogens (tertiary/aromatic N) is 5. The van der Waals surface area contributed by atoms with Crippen LogP contribution in [0.5, 0.6) is 5.75 Å². The molecule has 3 aliphatic heterocycles. The van der Waals surface area contributed by atoms with Gasteiger partial charge >= 0.3 is 6.03 Å². The molecule has 0 aromatic carbocycles. The van der Waals surface area contributed by atoms with Crippen molar-refractivity contribution in [2.75, 3.05) is 41.4 Å². The van der Waals surface area contributed by atoms with Crippen molar-refractivity contribution in [3.63, 3.8) is 0 Å². The van der Waals surface area contributed by atoms with Crippen molar-refractivity contribution in [3.8, 4) is 5.75 Å². The molecule has 0 spiro atoms. The van der Waals surface area contributed by atoms with Gasteiger partial charge in [0.25, 0.3) is 0 Å². The van der Waals surface area contributed by atoms with E-state index in [2.05, 4.69) is 25.2 Å². The van der Waals surface area contributed by atoms with Gasteiger partial charge in [0.15, 0.2) is 17.4 Å². The number of pyridine rings is 2. The Bertz CT molecular complexity index is 1370. The molecule has 6 rings (SSSR count). The number of hydrogen-bond acceptors (Lipinski definition) is 10. The van der Waals surface area contributed by atoms with E-state index in [0.29, 0.717) is 49.1 Å². The molecule has 2 amide bonds. The van der Waals surface area contributed by atoms with Crippen molar-refractivity contribution in [2.45, 2.75) is 51.0 Å². The smallest absolute Gasteiger partial charge is 0.329 e. The van der Waals surface area contributed by atoms with Crippen LogP contribution >= 0.6 is 11.3 Å². The molecule has 0 aliphatic carbocycles. The fraction of sp³-hybridized carbons (Fsp3) is 0.444. The molecule has 12 heteroatoms. The van der Waals surface area contributed by atoms with Crippen molar-refractivity contribution < 1.29 is 23.8 Å². The van der Waals surface area contributed by atoms with Gasteiger partial charge in [0.2, 0.25) is 0 Å². The van der Waals surface area contributed by atoms with Gasteiger partial charge < -0.3 is 19.1 Å². The Kier molecular flexibility index (Phi) is 6.92. The second-order valence-corrected chi connectivity index (χ2v) is 11.0. The SMILES string of the molecule is CC1(C)OC[C@H](COc2ccnc(NC(=O)N3c4nc(C(=O)CCc5cscn5)ccc4N4CC[C@H]3C4)c2)O1. The van der Waals surface area contributed by atoms with E-state index >= 15 is 0 Å². The summed E-state index contributed by atoms with van der Waals surface area (Å²) >= 11 is 1.51. The second kappa shape index (κ2) is 10.5. The minimum Gasteiger partial charge on any atom is -0.491 e. The third-order valence-electron chi connectivity index (χ3n) is 7.02. The summed E-state index contributed by atoms with van der Waals surface area (Å²) in [6.45, 7) is 6.05.